The molecule has 2 atom stereocenters. The summed E-state index contributed by atoms with van der Waals surface area (Å²) in [5, 5.41) is 1.06. The Kier molecular flexibility index (Phi) is 5.70. The number of hydrogen-bond acceptors (Lipinski definition) is 4. The zero-order chi connectivity index (χ0) is 19.1. The van der Waals surface area contributed by atoms with Gasteiger partial charge in [-0.05, 0) is 37.5 Å². The van der Waals surface area contributed by atoms with Crippen LogP contribution >= 0.6 is 23.4 Å². The van der Waals surface area contributed by atoms with Crippen molar-refractivity contribution in [1.29, 1.82) is 0 Å². The lowest BCUT2D eigenvalue weighted by molar-refractivity contribution is -0.121. The van der Waals surface area contributed by atoms with Crippen molar-refractivity contribution in [2.75, 3.05) is 16.4 Å². The summed E-state index contributed by atoms with van der Waals surface area (Å²) in [6, 6.07) is 5.32. The van der Waals surface area contributed by atoms with E-state index in [-0.39, 0.29) is 34.6 Å². The largest absolute Gasteiger partial charge is 0.315 e. The number of carbonyl (C=O) groups excluding carboxylic acids is 1. The highest BCUT2D eigenvalue weighted by Gasteiger charge is 2.49. The molecule has 5 nitrogen and oxygen atoms in total. The topological polar surface area (TPSA) is 66.8 Å². The highest BCUT2D eigenvalue weighted by Crippen LogP contribution is 2.42. The molecule has 142 valence electrons. The summed E-state index contributed by atoms with van der Waals surface area (Å²) in [4.78, 5) is 18.9. The molecule has 0 N–H and O–H groups in total. The first kappa shape index (κ1) is 19.7. The number of thioether (sulfide) groups is 1. The Morgan fingerprint density at radius 1 is 1.35 bits per heavy atom. The number of amidine groups is 1. The van der Waals surface area contributed by atoms with Crippen molar-refractivity contribution in [2.45, 2.75) is 44.9 Å². The van der Waals surface area contributed by atoms with Crippen LogP contribution in [-0.2, 0) is 14.6 Å². The number of amides is 1. The van der Waals surface area contributed by atoms with Crippen LogP contribution in [0.1, 0.15) is 32.3 Å². The Bertz CT molecular complexity index is 850. The third kappa shape index (κ3) is 3.80. The van der Waals surface area contributed by atoms with Gasteiger partial charge >= 0.3 is 0 Å². The van der Waals surface area contributed by atoms with E-state index in [0.717, 1.165) is 24.1 Å². The lowest BCUT2D eigenvalue weighted by atomic mass is 10.0. The molecule has 1 aromatic rings. The first-order valence-corrected chi connectivity index (χ1v) is 11.9. The molecular weight excluding hydrogens is 392 g/mol. The van der Waals surface area contributed by atoms with Gasteiger partial charge in [0.2, 0.25) is 0 Å². The second-order valence-corrected chi connectivity index (χ2v) is 10.6. The van der Waals surface area contributed by atoms with Crippen LogP contribution in [-0.4, -0.2) is 42.3 Å². The van der Waals surface area contributed by atoms with E-state index < -0.39 is 9.84 Å². The second-order valence-electron chi connectivity index (χ2n) is 6.85. The van der Waals surface area contributed by atoms with Gasteiger partial charge in [0.15, 0.2) is 15.0 Å². The van der Waals surface area contributed by atoms with E-state index in [9.17, 15) is 13.2 Å². The molecule has 2 unspecified atom stereocenters. The third-order valence-electron chi connectivity index (χ3n) is 5.04. The van der Waals surface area contributed by atoms with E-state index in [1.165, 1.54) is 11.8 Å². The number of benzene rings is 1. The number of sulfone groups is 1. The first-order valence-electron chi connectivity index (χ1n) is 8.80. The molecule has 2 fully saturated rings. The molecule has 0 saturated carbocycles. The minimum absolute atomic E-state index is 0.0782. The van der Waals surface area contributed by atoms with Crippen molar-refractivity contribution < 1.29 is 13.2 Å². The summed E-state index contributed by atoms with van der Waals surface area (Å²) in [5.74, 6) is -0.0366. The van der Waals surface area contributed by atoms with Gasteiger partial charge in [0.05, 0.1) is 17.5 Å². The number of aliphatic imine (C=N–C) groups is 1. The first-order chi connectivity index (χ1) is 12.3. The zero-order valence-electron chi connectivity index (χ0n) is 15.1. The number of aryl methyl sites for hydroxylation is 1. The molecule has 0 radical (unpaired) electrons. The Hall–Kier alpha value is -1.05. The maximum atomic E-state index is 12.6. The maximum Gasteiger partial charge on any atom is 0.251 e. The number of carbonyl (C=O) groups is 1. The number of hydrogen-bond donors (Lipinski definition) is 0. The normalized spacial score (nSPS) is 25.9. The second kappa shape index (κ2) is 7.52. The van der Waals surface area contributed by atoms with Gasteiger partial charge in [-0.1, -0.05) is 43.3 Å². The standard InChI is InChI=1S/C18H23ClN2O3S2/c1-4-12(5-2)17(22)20-18-21(14-8-13(19)7-6-11(14)3)15-9-26(23,24)10-16(15)25-18/h6-8,12,15-16H,4-5,9-10H2,1-3H3. The molecule has 2 aliphatic heterocycles. The van der Waals surface area contributed by atoms with Crippen molar-refractivity contribution in [2.24, 2.45) is 10.9 Å². The van der Waals surface area contributed by atoms with Crippen LogP contribution in [0.5, 0.6) is 0 Å². The molecule has 2 aliphatic rings. The van der Waals surface area contributed by atoms with Gasteiger partial charge in [-0.25, -0.2) is 8.42 Å². The smallest absolute Gasteiger partial charge is 0.251 e. The molecule has 26 heavy (non-hydrogen) atoms. The fourth-order valence-electron chi connectivity index (χ4n) is 3.51. The predicted octanol–water partition coefficient (Wildman–Crippen LogP) is 3.69. The molecule has 0 aliphatic carbocycles. The number of halogens is 1. The minimum Gasteiger partial charge on any atom is -0.315 e. The number of anilines is 1. The summed E-state index contributed by atoms with van der Waals surface area (Å²) in [7, 11) is -3.08. The van der Waals surface area contributed by atoms with Gasteiger partial charge in [-0.2, -0.15) is 4.99 Å². The highest BCUT2D eigenvalue weighted by molar-refractivity contribution is 8.16. The van der Waals surface area contributed by atoms with Crippen molar-refractivity contribution >= 4 is 50.0 Å². The van der Waals surface area contributed by atoms with Gasteiger partial charge in [0.1, 0.15) is 0 Å². The minimum atomic E-state index is -3.08. The quantitative estimate of drug-likeness (QED) is 0.751. The lowest BCUT2D eigenvalue weighted by Crippen LogP contribution is -2.38. The Balaban J connectivity index is 2.04. The summed E-state index contributed by atoms with van der Waals surface area (Å²) < 4.78 is 24.3. The summed E-state index contributed by atoms with van der Waals surface area (Å²) in [5.41, 5.74) is 1.80. The number of rotatable bonds is 4. The van der Waals surface area contributed by atoms with E-state index in [4.69, 9.17) is 11.6 Å². The van der Waals surface area contributed by atoms with Crippen LogP contribution < -0.4 is 4.90 Å². The summed E-state index contributed by atoms with van der Waals surface area (Å²) in [6.07, 6.45) is 1.49. The molecule has 1 amide bonds. The van der Waals surface area contributed by atoms with E-state index in [2.05, 4.69) is 4.99 Å². The van der Waals surface area contributed by atoms with Crippen LogP contribution in [0.2, 0.25) is 5.02 Å². The van der Waals surface area contributed by atoms with Crippen molar-refractivity contribution in [3.8, 4) is 0 Å². The molecule has 2 saturated heterocycles. The van der Waals surface area contributed by atoms with Crippen LogP contribution in [0, 0.1) is 12.8 Å². The molecule has 0 aromatic heterocycles. The fraction of sp³-hybridized carbons (Fsp3) is 0.556. The predicted molar refractivity (Wildman–Crippen MR) is 109 cm³/mol. The maximum absolute atomic E-state index is 12.6. The van der Waals surface area contributed by atoms with Gasteiger partial charge < -0.3 is 4.90 Å². The van der Waals surface area contributed by atoms with Crippen LogP contribution in [0.15, 0.2) is 23.2 Å². The van der Waals surface area contributed by atoms with Crippen molar-refractivity contribution in [1.82, 2.24) is 0 Å². The fourth-order valence-corrected chi connectivity index (χ4v) is 7.59. The lowest BCUT2D eigenvalue weighted by Gasteiger charge is -2.26. The molecule has 0 spiro atoms. The highest BCUT2D eigenvalue weighted by atomic mass is 35.5. The van der Waals surface area contributed by atoms with Crippen molar-refractivity contribution in [3.05, 3.63) is 28.8 Å². The average Bonchev–Trinajstić information content (AvgIpc) is 3.02. The van der Waals surface area contributed by atoms with Crippen LogP contribution in [0.25, 0.3) is 0 Å². The molecule has 0 bridgehead atoms. The summed E-state index contributed by atoms with van der Waals surface area (Å²) in [6.45, 7) is 5.91. The molecule has 3 rings (SSSR count). The van der Waals surface area contributed by atoms with Gasteiger partial charge in [-0.15, -0.1) is 0 Å². The van der Waals surface area contributed by atoms with Gasteiger partial charge in [-0.3, -0.25) is 4.79 Å². The van der Waals surface area contributed by atoms with Crippen LogP contribution in [0.4, 0.5) is 5.69 Å². The van der Waals surface area contributed by atoms with Crippen molar-refractivity contribution in [3.63, 3.8) is 0 Å². The summed E-state index contributed by atoms with van der Waals surface area (Å²) >= 11 is 7.59. The van der Waals surface area contributed by atoms with E-state index in [1.807, 2.05) is 37.8 Å². The molecule has 2 heterocycles. The third-order valence-corrected chi connectivity index (χ3v) is 8.48. The average molecular weight is 415 g/mol. The number of nitrogens with zero attached hydrogens (tertiary/aromatic N) is 2. The SMILES string of the molecule is CCC(CC)C(=O)N=C1SC2CS(=O)(=O)CC2N1c1cc(Cl)ccc1C. The van der Waals surface area contributed by atoms with E-state index in [0.29, 0.717) is 10.2 Å². The van der Waals surface area contributed by atoms with E-state index in [1.54, 1.807) is 6.07 Å². The Morgan fingerprint density at radius 3 is 2.69 bits per heavy atom. The molecule has 8 heteroatoms. The zero-order valence-corrected chi connectivity index (χ0v) is 17.5. The van der Waals surface area contributed by atoms with Gasteiger partial charge in [0.25, 0.3) is 5.91 Å². The van der Waals surface area contributed by atoms with E-state index >= 15 is 0 Å². The molecule has 1 aromatic carbocycles. The Morgan fingerprint density at radius 2 is 2.04 bits per heavy atom. The van der Waals surface area contributed by atoms with Crippen LogP contribution in [0.3, 0.4) is 0 Å². The Labute approximate surface area is 164 Å². The van der Waals surface area contributed by atoms with Gasteiger partial charge in [0, 0.05) is 21.9 Å². The monoisotopic (exact) mass is 414 g/mol. The number of fused-ring (bicyclic) bond motifs is 1. The molecular formula is C18H23ClN2O3S2.